The van der Waals surface area contributed by atoms with Crippen molar-refractivity contribution in [1.82, 2.24) is 9.97 Å². The van der Waals surface area contributed by atoms with Gasteiger partial charge in [0.25, 0.3) is 0 Å². The van der Waals surface area contributed by atoms with Crippen LogP contribution in [0.4, 0.5) is 17.5 Å². The van der Waals surface area contributed by atoms with Gasteiger partial charge < -0.3 is 15.7 Å². The summed E-state index contributed by atoms with van der Waals surface area (Å²) < 4.78 is 1.06. The Morgan fingerprint density at radius 3 is 2.78 bits per heavy atom. The predicted molar refractivity (Wildman–Crippen MR) is 96.4 cm³/mol. The molecule has 5 nitrogen and oxygen atoms in total. The molecule has 3 rings (SSSR count). The van der Waals surface area contributed by atoms with Crippen molar-refractivity contribution in [2.75, 3.05) is 23.8 Å². The van der Waals surface area contributed by atoms with Gasteiger partial charge in [-0.15, -0.1) is 0 Å². The molecule has 1 fully saturated rings. The number of aryl methyl sites for hydroxylation is 1. The molecule has 1 aliphatic rings. The standard InChI is InChI=1S/C17H21BrN4O/c1-11-9-13(18)5-6-14(11)20-16-10-15(12-3-4-12)21-17(22-16)19-7-2-8-23/h5-6,9-10,12,23H,2-4,7-8H2,1H3,(H2,19,20,21,22). The van der Waals surface area contributed by atoms with E-state index in [2.05, 4.69) is 49.5 Å². The van der Waals surface area contributed by atoms with E-state index in [0.29, 0.717) is 24.8 Å². The summed E-state index contributed by atoms with van der Waals surface area (Å²) in [4.78, 5) is 9.14. The molecule has 1 aromatic heterocycles. The number of nitrogens with one attached hydrogen (secondary N) is 2. The number of benzene rings is 1. The summed E-state index contributed by atoms with van der Waals surface area (Å²) in [6.07, 6.45) is 3.08. The van der Waals surface area contributed by atoms with E-state index < -0.39 is 0 Å². The van der Waals surface area contributed by atoms with Gasteiger partial charge >= 0.3 is 0 Å². The van der Waals surface area contributed by atoms with E-state index >= 15 is 0 Å². The van der Waals surface area contributed by atoms with Gasteiger partial charge in [-0.3, -0.25) is 0 Å². The third-order valence-corrected chi connectivity index (χ3v) is 4.30. The molecular formula is C17H21BrN4O. The maximum absolute atomic E-state index is 8.90. The first kappa shape index (κ1) is 16.2. The van der Waals surface area contributed by atoms with E-state index in [0.717, 1.165) is 27.2 Å². The van der Waals surface area contributed by atoms with Crippen molar-refractivity contribution in [2.45, 2.75) is 32.1 Å². The number of halogens is 1. The summed E-state index contributed by atoms with van der Waals surface area (Å²) in [7, 11) is 0. The third-order valence-electron chi connectivity index (χ3n) is 3.81. The SMILES string of the molecule is Cc1cc(Br)ccc1Nc1cc(C2CC2)nc(NCCCO)n1. The molecule has 0 unspecified atom stereocenters. The minimum atomic E-state index is 0.165. The van der Waals surface area contributed by atoms with Crippen LogP contribution in [-0.4, -0.2) is 28.2 Å². The van der Waals surface area contributed by atoms with Gasteiger partial charge in [-0.1, -0.05) is 15.9 Å². The van der Waals surface area contributed by atoms with Gasteiger partial charge in [-0.05, 0) is 49.9 Å². The average Bonchev–Trinajstić information content (AvgIpc) is 3.35. The van der Waals surface area contributed by atoms with Crippen LogP contribution in [0.1, 0.15) is 36.4 Å². The predicted octanol–water partition coefficient (Wildman–Crippen LogP) is 3.96. The third kappa shape index (κ3) is 4.42. The van der Waals surface area contributed by atoms with Crippen LogP contribution in [0.5, 0.6) is 0 Å². The lowest BCUT2D eigenvalue weighted by atomic mass is 10.2. The van der Waals surface area contributed by atoms with Crippen molar-refractivity contribution < 1.29 is 5.11 Å². The monoisotopic (exact) mass is 376 g/mol. The Kier molecular flexibility index (Phi) is 5.13. The first-order valence-corrected chi connectivity index (χ1v) is 8.72. The smallest absolute Gasteiger partial charge is 0.224 e. The minimum absolute atomic E-state index is 0.165. The number of aliphatic hydroxyl groups is 1. The second-order valence-corrected chi connectivity index (χ2v) is 6.78. The lowest BCUT2D eigenvalue weighted by Gasteiger charge is -2.12. The molecule has 1 aromatic carbocycles. The number of aliphatic hydroxyl groups excluding tert-OH is 1. The molecule has 0 saturated heterocycles. The fourth-order valence-corrected chi connectivity index (χ4v) is 2.86. The molecule has 122 valence electrons. The molecule has 0 aliphatic heterocycles. The molecule has 0 bridgehead atoms. The van der Waals surface area contributed by atoms with Crippen molar-refractivity contribution in [2.24, 2.45) is 0 Å². The van der Waals surface area contributed by atoms with Gasteiger partial charge in [0.05, 0.1) is 5.69 Å². The number of hydrogen-bond donors (Lipinski definition) is 3. The van der Waals surface area contributed by atoms with Crippen LogP contribution in [0.2, 0.25) is 0 Å². The molecule has 6 heteroatoms. The van der Waals surface area contributed by atoms with Crippen molar-refractivity contribution in [3.8, 4) is 0 Å². The average molecular weight is 377 g/mol. The Morgan fingerprint density at radius 1 is 1.26 bits per heavy atom. The summed E-state index contributed by atoms with van der Waals surface area (Å²) in [6.45, 7) is 2.90. The van der Waals surface area contributed by atoms with E-state index in [1.807, 2.05) is 18.2 Å². The topological polar surface area (TPSA) is 70.1 Å². The number of aromatic nitrogens is 2. The second-order valence-electron chi connectivity index (χ2n) is 5.86. The van der Waals surface area contributed by atoms with E-state index in [4.69, 9.17) is 5.11 Å². The Hall–Kier alpha value is -1.66. The Bertz CT molecular complexity index is 688. The Labute approximate surface area is 144 Å². The molecule has 23 heavy (non-hydrogen) atoms. The van der Waals surface area contributed by atoms with E-state index in [9.17, 15) is 0 Å². The van der Waals surface area contributed by atoms with Gasteiger partial charge in [0.15, 0.2) is 0 Å². The van der Waals surface area contributed by atoms with Crippen molar-refractivity contribution in [1.29, 1.82) is 0 Å². The number of hydrogen-bond acceptors (Lipinski definition) is 5. The zero-order valence-corrected chi connectivity index (χ0v) is 14.7. The lowest BCUT2D eigenvalue weighted by Crippen LogP contribution is -2.09. The highest BCUT2D eigenvalue weighted by molar-refractivity contribution is 9.10. The molecule has 0 atom stereocenters. The van der Waals surface area contributed by atoms with Crippen molar-refractivity contribution >= 4 is 33.4 Å². The van der Waals surface area contributed by atoms with Crippen LogP contribution in [0.15, 0.2) is 28.7 Å². The highest BCUT2D eigenvalue weighted by atomic mass is 79.9. The van der Waals surface area contributed by atoms with Gasteiger partial charge in [0, 0.05) is 35.3 Å². The molecule has 1 aliphatic carbocycles. The normalized spacial score (nSPS) is 13.9. The molecule has 3 N–H and O–H groups in total. The van der Waals surface area contributed by atoms with E-state index in [1.165, 1.54) is 12.8 Å². The molecule has 2 aromatic rings. The quantitative estimate of drug-likeness (QED) is 0.637. The lowest BCUT2D eigenvalue weighted by molar-refractivity contribution is 0.292. The van der Waals surface area contributed by atoms with Crippen LogP contribution in [-0.2, 0) is 0 Å². The van der Waals surface area contributed by atoms with Crippen molar-refractivity contribution in [3.63, 3.8) is 0 Å². The van der Waals surface area contributed by atoms with Crippen molar-refractivity contribution in [3.05, 3.63) is 40.0 Å². The summed E-state index contributed by atoms with van der Waals surface area (Å²) >= 11 is 3.48. The highest BCUT2D eigenvalue weighted by Crippen LogP contribution is 2.40. The minimum Gasteiger partial charge on any atom is -0.396 e. The first-order valence-electron chi connectivity index (χ1n) is 7.92. The van der Waals surface area contributed by atoms with Crippen LogP contribution in [0.3, 0.4) is 0 Å². The van der Waals surface area contributed by atoms with E-state index in [-0.39, 0.29) is 6.61 Å². The molecule has 0 spiro atoms. The fourth-order valence-electron chi connectivity index (χ4n) is 2.38. The van der Waals surface area contributed by atoms with Gasteiger partial charge in [0.1, 0.15) is 5.82 Å². The second kappa shape index (κ2) is 7.27. The Morgan fingerprint density at radius 2 is 2.09 bits per heavy atom. The zero-order chi connectivity index (χ0) is 16.2. The number of anilines is 3. The Balaban J connectivity index is 1.82. The summed E-state index contributed by atoms with van der Waals surface area (Å²) in [5.74, 6) is 1.99. The molecular weight excluding hydrogens is 356 g/mol. The summed E-state index contributed by atoms with van der Waals surface area (Å²) in [5.41, 5.74) is 3.28. The van der Waals surface area contributed by atoms with Gasteiger partial charge in [0.2, 0.25) is 5.95 Å². The van der Waals surface area contributed by atoms with Gasteiger partial charge in [-0.2, -0.15) is 4.98 Å². The molecule has 1 heterocycles. The van der Waals surface area contributed by atoms with E-state index in [1.54, 1.807) is 0 Å². The highest BCUT2D eigenvalue weighted by Gasteiger charge is 2.26. The van der Waals surface area contributed by atoms with Crippen LogP contribution in [0.25, 0.3) is 0 Å². The zero-order valence-electron chi connectivity index (χ0n) is 13.1. The first-order chi connectivity index (χ1) is 11.2. The van der Waals surface area contributed by atoms with Crippen LogP contribution < -0.4 is 10.6 Å². The largest absolute Gasteiger partial charge is 0.396 e. The van der Waals surface area contributed by atoms with Gasteiger partial charge in [-0.25, -0.2) is 4.98 Å². The maximum Gasteiger partial charge on any atom is 0.224 e. The molecule has 0 radical (unpaired) electrons. The maximum atomic E-state index is 8.90. The van der Waals surface area contributed by atoms with Crippen LogP contribution in [0, 0.1) is 6.92 Å². The number of rotatable bonds is 7. The molecule has 1 saturated carbocycles. The number of nitrogens with zero attached hydrogens (tertiary/aromatic N) is 2. The molecule has 0 amide bonds. The fraction of sp³-hybridized carbons (Fsp3) is 0.412. The summed E-state index contributed by atoms with van der Waals surface area (Å²) in [6, 6.07) is 8.16. The summed E-state index contributed by atoms with van der Waals surface area (Å²) in [5, 5.41) is 15.5. The van der Waals surface area contributed by atoms with Crippen LogP contribution >= 0.6 is 15.9 Å².